The number of nitrogens with two attached hydrogens (primary N) is 1. The standard InChI is InChI=1S/C10H14N2O3/c1-2-14-5-6-15-10(13)8-3-4-9(11)12-7-8/h3-4,7H,2,5-6H2,1H3,(H2,11,12). The summed E-state index contributed by atoms with van der Waals surface area (Å²) in [5.41, 5.74) is 5.77. The van der Waals surface area contributed by atoms with Crippen LogP contribution in [0.15, 0.2) is 18.3 Å². The molecule has 0 amide bonds. The van der Waals surface area contributed by atoms with Crippen LogP contribution in [-0.4, -0.2) is 30.8 Å². The van der Waals surface area contributed by atoms with E-state index in [-0.39, 0.29) is 6.61 Å². The number of nitrogens with zero attached hydrogens (tertiary/aromatic N) is 1. The lowest BCUT2D eigenvalue weighted by molar-refractivity contribution is 0.0335. The van der Waals surface area contributed by atoms with E-state index in [0.717, 1.165) is 0 Å². The maximum atomic E-state index is 11.4. The Morgan fingerprint density at radius 2 is 2.27 bits per heavy atom. The Balaban J connectivity index is 2.37. The molecule has 1 aromatic heterocycles. The van der Waals surface area contributed by atoms with Gasteiger partial charge in [-0.2, -0.15) is 0 Å². The van der Waals surface area contributed by atoms with Crippen molar-refractivity contribution in [1.29, 1.82) is 0 Å². The molecule has 0 bridgehead atoms. The number of carbonyl (C=O) groups is 1. The zero-order valence-electron chi connectivity index (χ0n) is 8.60. The highest BCUT2D eigenvalue weighted by atomic mass is 16.6. The number of nitrogen functional groups attached to an aromatic ring is 1. The quantitative estimate of drug-likeness (QED) is 0.576. The van der Waals surface area contributed by atoms with Crippen molar-refractivity contribution in [2.24, 2.45) is 0 Å². The highest BCUT2D eigenvalue weighted by Crippen LogP contribution is 2.02. The molecule has 0 aliphatic carbocycles. The third-order valence-corrected chi connectivity index (χ3v) is 1.69. The van der Waals surface area contributed by atoms with E-state index in [2.05, 4.69) is 4.98 Å². The van der Waals surface area contributed by atoms with Crippen LogP contribution in [0.5, 0.6) is 0 Å². The van der Waals surface area contributed by atoms with Gasteiger partial charge in [-0.25, -0.2) is 9.78 Å². The van der Waals surface area contributed by atoms with Crippen LogP contribution >= 0.6 is 0 Å². The first kappa shape index (κ1) is 11.5. The summed E-state index contributed by atoms with van der Waals surface area (Å²) in [7, 11) is 0. The molecule has 0 aliphatic heterocycles. The van der Waals surface area contributed by atoms with Crippen molar-refractivity contribution in [1.82, 2.24) is 4.98 Å². The number of ether oxygens (including phenoxy) is 2. The van der Waals surface area contributed by atoms with E-state index < -0.39 is 5.97 Å². The number of anilines is 1. The van der Waals surface area contributed by atoms with Gasteiger partial charge in [0, 0.05) is 12.8 Å². The zero-order valence-corrected chi connectivity index (χ0v) is 8.60. The Bertz CT molecular complexity index is 311. The summed E-state index contributed by atoms with van der Waals surface area (Å²) >= 11 is 0. The molecule has 0 atom stereocenters. The Kier molecular flexibility index (Phi) is 4.56. The molecular weight excluding hydrogens is 196 g/mol. The first-order valence-corrected chi connectivity index (χ1v) is 4.70. The molecule has 0 radical (unpaired) electrons. The second-order valence-corrected chi connectivity index (χ2v) is 2.80. The van der Waals surface area contributed by atoms with Crippen molar-refractivity contribution < 1.29 is 14.3 Å². The second kappa shape index (κ2) is 5.98. The molecule has 0 saturated heterocycles. The lowest BCUT2D eigenvalue weighted by Crippen LogP contribution is -2.11. The van der Waals surface area contributed by atoms with E-state index in [9.17, 15) is 4.79 Å². The largest absolute Gasteiger partial charge is 0.460 e. The Hall–Kier alpha value is -1.62. The minimum Gasteiger partial charge on any atom is -0.460 e. The normalized spacial score (nSPS) is 9.93. The van der Waals surface area contributed by atoms with Crippen molar-refractivity contribution in [2.75, 3.05) is 25.6 Å². The van der Waals surface area contributed by atoms with Gasteiger partial charge in [0.25, 0.3) is 0 Å². The maximum Gasteiger partial charge on any atom is 0.339 e. The average Bonchev–Trinajstić information content (AvgIpc) is 2.25. The first-order valence-electron chi connectivity index (χ1n) is 4.70. The van der Waals surface area contributed by atoms with Gasteiger partial charge in [0.1, 0.15) is 12.4 Å². The number of carbonyl (C=O) groups excluding carboxylic acids is 1. The van der Waals surface area contributed by atoms with Crippen molar-refractivity contribution in [3.8, 4) is 0 Å². The average molecular weight is 210 g/mol. The van der Waals surface area contributed by atoms with Crippen molar-refractivity contribution in [3.05, 3.63) is 23.9 Å². The molecule has 2 N–H and O–H groups in total. The van der Waals surface area contributed by atoms with Crippen LogP contribution in [0.4, 0.5) is 5.82 Å². The number of pyridine rings is 1. The van der Waals surface area contributed by atoms with E-state index in [1.807, 2.05) is 6.92 Å². The van der Waals surface area contributed by atoms with Gasteiger partial charge in [-0.1, -0.05) is 0 Å². The molecule has 0 aliphatic rings. The predicted molar refractivity (Wildman–Crippen MR) is 55.4 cm³/mol. The summed E-state index contributed by atoms with van der Waals surface area (Å²) in [6.45, 7) is 3.15. The van der Waals surface area contributed by atoms with Crippen LogP contribution < -0.4 is 5.73 Å². The summed E-state index contributed by atoms with van der Waals surface area (Å²) in [6, 6.07) is 3.13. The summed E-state index contributed by atoms with van der Waals surface area (Å²) in [4.78, 5) is 15.2. The molecule has 1 rings (SSSR count). The number of esters is 1. The van der Waals surface area contributed by atoms with Crippen LogP contribution in [-0.2, 0) is 9.47 Å². The highest BCUT2D eigenvalue weighted by Gasteiger charge is 2.06. The Morgan fingerprint density at radius 1 is 1.47 bits per heavy atom. The van der Waals surface area contributed by atoms with Crippen molar-refractivity contribution in [2.45, 2.75) is 6.92 Å². The second-order valence-electron chi connectivity index (χ2n) is 2.80. The fourth-order valence-electron chi connectivity index (χ4n) is 0.947. The topological polar surface area (TPSA) is 74.4 Å². The summed E-state index contributed by atoms with van der Waals surface area (Å²) in [5, 5.41) is 0. The minimum atomic E-state index is -0.415. The summed E-state index contributed by atoms with van der Waals surface area (Å²) in [5.74, 6) is -0.0388. The molecule has 1 heterocycles. The maximum absolute atomic E-state index is 11.4. The number of hydrogen-bond donors (Lipinski definition) is 1. The fourth-order valence-corrected chi connectivity index (χ4v) is 0.947. The van der Waals surface area contributed by atoms with E-state index in [0.29, 0.717) is 24.6 Å². The first-order chi connectivity index (χ1) is 7.24. The predicted octanol–water partition coefficient (Wildman–Crippen LogP) is 0.857. The van der Waals surface area contributed by atoms with E-state index in [1.54, 1.807) is 12.1 Å². The van der Waals surface area contributed by atoms with E-state index in [1.165, 1.54) is 6.20 Å². The van der Waals surface area contributed by atoms with Gasteiger partial charge in [-0.15, -0.1) is 0 Å². The van der Waals surface area contributed by atoms with Crippen LogP contribution in [0.25, 0.3) is 0 Å². The van der Waals surface area contributed by atoms with Gasteiger partial charge in [0.2, 0.25) is 0 Å². The molecule has 0 unspecified atom stereocenters. The molecule has 1 aromatic rings. The molecule has 0 fully saturated rings. The van der Waals surface area contributed by atoms with Gasteiger partial charge in [-0.05, 0) is 19.1 Å². The molecule has 15 heavy (non-hydrogen) atoms. The fraction of sp³-hybridized carbons (Fsp3) is 0.400. The smallest absolute Gasteiger partial charge is 0.339 e. The lowest BCUT2D eigenvalue weighted by Gasteiger charge is -2.04. The third-order valence-electron chi connectivity index (χ3n) is 1.69. The van der Waals surface area contributed by atoms with Gasteiger partial charge < -0.3 is 15.2 Å². The van der Waals surface area contributed by atoms with Gasteiger partial charge >= 0.3 is 5.97 Å². The third kappa shape index (κ3) is 3.95. The van der Waals surface area contributed by atoms with Gasteiger partial charge in [0.05, 0.1) is 12.2 Å². The monoisotopic (exact) mass is 210 g/mol. The lowest BCUT2D eigenvalue weighted by atomic mass is 10.3. The van der Waals surface area contributed by atoms with E-state index in [4.69, 9.17) is 15.2 Å². The van der Waals surface area contributed by atoms with Crippen LogP contribution in [0.1, 0.15) is 17.3 Å². The molecule has 0 saturated carbocycles. The Morgan fingerprint density at radius 3 is 2.87 bits per heavy atom. The highest BCUT2D eigenvalue weighted by molar-refractivity contribution is 5.89. The van der Waals surface area contributed by atoms with Crippen LogP contribution in [0.3, 0.4) is 0 Å². The molecule has 0 aromatic carbocycles. The van der Waals surface area contributed by atoms with Gasteiger partial charge in [0.15, 0.2) is 0 Å². The van der Waals surface area contributed by atoms with Gasteiger partial charge in [-0.3, -0.25) is 0 Å². The number of rotatable bonds is 5. The molecule has 5 heteroatoms. The van der Waals surface area contributed by atoms with Crippen molar-refractivity contribution >= 4 is 11.8 Å². The molecule has 5 nitrogen and oxygen atoms in total. The van der Waals surface area contributed by atoms with Crippen LogP contribution in [0, 0.1) is 0 Å². The Labute approximate surface area is 88.2 Å². The number of aromatic nitrogens is 1. The number of hydrogen-bond acceptors (Lipinski definition) is 5. The SMILES string of the molecule is CCOCCOC(=O)c1ccc(N)nc1. The molecule has 82 valence electrons. The summed E-state index contributed by atoms with van der Waals surface area (Å²) in [6.07, 6.45) is 1.39. The summed E-state index contributed by atoms with van der Waals surface area (Å²) < 4.78 is 9.95. The van der Waals surface area contributed by atoms with Crippen molar-refractivity contribution in [3.63, 3.8) is 0 Å². The minimum absolute atomic E-state index is 0.247. The molecule has 0 spiro atoms. The van der Waals surface area contributed by atoms with Crippen LogP contribution in [0.2, 0.25) is 0 Å². The zero-order chi connectivity index (χ0) is 11.1. The van der Waals surface area contributed by atoms with E-state index >= 15 is 0 Å². The molecular formula is C10H14N2O3.